The SMILES string of the molecule is Cc1cccc(Nc2ccc(C(=O)N3CCCC3)cc2N)c1C. The van der Waals surface area contributed by atoms with E-state index >= 15 is 0 Å². The Labute approximate surface area is 137 Å². The Hall–Kier alpha value is -2.49. The Balaban J connectivity index is 1.82. The first-order valence-corrected chi connectivity index (χ1v) is 8.08. The summed E-state index contributed by atoms with van der Waals surface area (Å²) in [5.41, 5.74) is 11.7. The number of hydrogen-bond acceptors (Lipinski definition) is 3. The van der Waals surface area contributed by atoms with Crippen LogP contribution < -0.4 is 11.1 Å². The molecule has 2 aromatic rings. The number of likely N-dealkylation sites (tertiary alicyclic amines) is 1. The van der Waals surface area contributed by atoms with Gasteiger partial charge < -0.3 is 16.0 Å². The normalized spacial score (nSPS) is 14.1. The van der Waals surface area contributed by atoms with Gasteiger partial charge in [-0.3, -0.25) is 4.79 Å². The molecule has 1 amide bonds. The van der Waals surface area contributed by atoms with Crippen LogP contribution in [0.25, 0.3) is 0 Å². The predicted molar refractivity (Wildman–Crippen MR) is 95.2 cm³/mol. The highest BCUT2D eigenvalue weighted by atomic mass is 16.2. The second-order valence-corrected chi connectivity index (χ2v) is 6.17. The van der Waals surface area contributed by atoms with Gasteiger partial charge in [-0.2, -0.15) is 0 Å². The van der Waals surface area contributed by atoms with Gasteiger partial charge in [-0.15, -0.1) is 0 Å². The number of benzene rings is 2. The first-order valence-electron chi connectivity index (χ1n) is 8.08. The molecule has 1 aliphatic heterocycles. The monoisotopic (exact) mass is 309 g/mol. The molecule has 0 aliphatic carbocycles. The lowest BCUT2D eigenvalue weighted by molar-refractivity contribution is 0.0793. The average molecular weight is 309 g/mol. The van der Waals surface area contributed by atoms with E-state index in [-0.39, 0.29) is 5.91 Å². The molecule has 1 saturated heterocycles. The van der Waals surface area contributed by atoms with Crippen LogP contribution in [0.15, 0.2) is 36.4 Å². The lowest BCUT2D eigenvalue weighted by Crippen LogP contribution is -2.27. The number of nitrogen functional groups attached to an aromatic ring is 1. The highest BCUT2D eigenvalue weighted by Crippen LogP contribution is 2.28. The van der Waals surface area contributed by atoms with Gasteiger partial charge in [0.15, 0.2) is 0 Å². The summed E-state index contributed by atoms with van der Waals surface area (Å²) < 4.78 is 0. The van der Waals surface area contributed by atoms with E-state index in [2.05, 4.69) is 25.2 Å². The number of carbonyl (C=O) groups excluding carboxylic acids is 1. The third-order valence-corrected chi connectivity index (χ3v) is 4.57. The smallest absolute Gasteiger partial charge is 0.253 e. The van der Waals surface area contributed by atoms with Crippen molar-refractivity contribution in [2.75, 3.05) is 24.1 Å². The van der Waals surface area contributed by atoms with Crippen LogP contribution in [0.2, 0.25) is 0 Å². The van der Waals surface area contributed by atoms with Crippen molar-refractivity contribution in [1.29, 1.82) is 0 Å². The number of amides is 1. The maximum Gasteiger partial charge on any atom is 0.253 e. The second-order valence-electron chi connectivity index (χ2n) is 6.17. The Morgan fingerprint density at radius 1 is 1.09 bits per heavy atom. The van der Waals surface area contributed by atoms with E-state index in [0.29, 0.717) is 11.3 Å². The van der Waals surface area contributed by atoms with Crippen molar-refractivity contribution in [3.8, 4) is 0 Å². The number of rotatable bonds is 3. The van der Waals surface area contributed by atoms with E-state index in [9.17, 15) is 4.79 Å². The largest absolute Gasteiger partial charge is 0.397 e. The van der Waals surface area contributed by atoms with Crippen LogP contribution in [-0.4, -0.2) is 23.9 Å². The van der Waals surface area contributed by atoms with Crippen LogP contribution in [0.5, 0.6) is 0 Å². The standard InChI is InChI=1S/C19H23N3O/c1-13-6-5-7-17(14(13)2)21-18-9-8-15(12-16(18)20)19(23)22-10-3-4-11-22/h5-9,12,21H,3-4,10-11,20H2,1-2H3. The van der Waals surface area contributed by atoms with Gasteiger partial charge >= 0.3 is 0 Å². The third kappa shape index (κ3) is 3.16. The van der Waals surface area contributed by atoms with E-state index in [4.69, 9.17) is 5.73 Å². The summed E-state index contributed by atoms with van der Waals surface area (Å²) in [4.78, 5) is 14.3. The van der Waals surface area contributed by atoms with Crippen molar-refractivity contribution >= 4 is 23.0 Å². The molecule has 3 rings (SSSR count). The first-order chi connectivity index (χ1) is 11.1. The summed E-state index contributed by atoms with van der Waals surface area (Å²) in [6.45, 7) is 5.86. The number of anilines is 3. The Kier molecular flexibility index (Phi) is 4.24. The molecule has 0 unspecified atom stereocenters. The van der Waals surface area contributed by atoms with E-state index in [1.165, 1.54) is 11.1 Å². The summed E-state index contributed by atoms with van der Waals surface area (Å²) in [6, 6.07) is 11.7. The molecule has 0 atom stereocenters. The van der Waals surface area contributed by atoms with Gasteiger partial charge in [0.1, 0.15) is 0 Å². The highest BCUT2D eigenvalue weighted by molar-refractivity contribution is 5.96. The van der Waals surface area contributed by atoms with Crippen molar-refractivity contribution in [1.82, 2.24) is 4.90 Å². The number of hydrogen-bond donors (Lipinski definition) is 2. The minimum absolute atomic E-state index is 0.0764. The van der Waals surface area contributed by atoms with E-state index in [1.54, 1.807) is 6.07 Å². The molecule has 0 radical (unpaired) electrons. The molecule has 4 nitrogen and oxygen atoms in total. The minimum atomic E-state index is 0.0764. The maximum atomic E-state index is 12.4. The van der Waals surface area contributed by atoms with Gasteiger partial charge in [-0.25, -0.2) is 0 Å². The van der Waals surface area contributed by atoms with E-state index in [0.717, 1.165) is 37.3 Å². The predicted octanol–water partition coefficient (Wildman–Crippen LogP) is 3.87. The Bertz CT molecular complexity index is 733. The van der Waals surface area contributed by atoms with Crippen molar-refractivity contribution in [2.24, 2.45) is 0 Å². The van der Waals surface area contributed by atoms with Crippen LogP contribution in [0, 0.1) is 13.8 Å². The van der Waals surface area contributed by atoms with E-state index < -0.39 is 0 Å². The summed E-state index contributed by atoms with van der Waals surface area (Å²) >= 11 is 0. The summed E-state index contributed by atoms with van der Waals surface area (Å²) in [5, 5.41) is 3.37. The molecule has 0 spiro atoms. The molecule has 1 heterocycles. The van der Waals surface area contributed by atoms with Crippen molar-refractivity contribution < 1.29 is 4.79 Å². The molecular weight excluding hydrogens is 286 g/mol. The van der Waals surface area contributed by atoms with Crippen molar-refractivity contribution in [3.63, 3.8) is 0 Å². The molecule has 2 aromatic carbocycles. The van der Waals surface area contributed by atoms with Crippen LogP contribution in [0.3, 0.4) is 0 Å². The zero-order valence-corrected chi connectivity index (χ0v) is 13.7. The molecule has 1 aliphatic rings. The Morgan fingerprint density at radius 2 is 1.83 bits per heavy atom. The highest BCUT2D eigenvalue weighted by Gasteiger charge is 2.20. The summed E-state index contributed by atoms with van der Waals surface area (Å²) in [6.07, 6.45) is 2.18. The molecule has 0 saturated carbocycles. The number of nitrogens with two attached hydrogens (primary N) is 1. The molecule has 1 fully saturated rings. The quantitative estimate of drug-likeness (QED) is 0.846. The zero-order valence-electron chi connectivity index (χ0n) is 13.7. The van der Waals surface area contributed by atoms with Gasteiger partial charge in [0.05, 0.1) is 11.4 Å². The van der Waals surface area contributed by atoms with Crippen LogP contribution in [-0.2, 0) is 0 Å². The molecule has 4 heteroatoms. The first kappa shape index (κ1) is 15.4. The molecule has 0 bridgehead atoms. The van der Waals surface area contributed by atoms with E-state index in [1.807, 2.05) is 29.2 Å². The van der Waals surface area contributed by atoms with Gasteiger partial charge in [0, 0.05) is 24.3 Å². The maximum absolute atomic E-state index is 12.4. The van der Waals surface area contributed by atoms with Gasteiger partial charge in [-0.05, 0) is 62.1 Å². The number of nitrogens with one attached hydrogen (secondary N) is 1. The lowest BCUT2D eigenvalue weighted by atomic mass is 10.1. The van der Waals surface area contributed by atoms with Gasteiger partial charge in [0.2, 0.25) is 0 Å². The van der Waals surface area contributed by atoms with Gasteiger partial charge in [0.25, 0.3) is 5.91 Å². The molecule has 23 heavy (non-hydrogen) atoms. The van der Waals surface area contributed by atoms with Crippen molar-refractivity contribution in [3.05, 3.63) is 53.1 Å². The molecule has 3 N–H and O–H groups in total. The third-order valence-electron chi connectivity index (χ3n) is 4.57. The lowest BCUT2D eigenvalue weighted by Gasteiger charge is -2.17. The fraction of sp³-hybridized carbons (Fsp3) is 0.316. The van der Waals surface area contributed by atoms with Crippen LogP contribution in [0.1, 0.15) is 34.3 Å². The summed E-state index contributed by atoms with van der Waals surface area (Å²) in [7, 11) is 0. The molecular formula is C19H23N3O. The number of nitrogens with zero attached hydrogens (tertiary/aromatic N) is 1. The van der Waals surface area contributed by atoms with Crippen LogP contribution in [0.4, 0.5) is 17.1 Å². The molecule has 120 valence electrons. The van der Waals surface area contributed by atoms with Crippen LogP contribution >= 0.6 is 0 Å². The average Bonchev–Trinajstić information content (AvgIpc) is 3.07. The fourth-order valence-electron chi connectivity index (χ4n) is 2.94. The van der Waals surface area contributed by atoms with Crippen molar-refractivity contribution in [2.45, 2.75) is 26.7 Å². The zero-order chi connectivity index (χ0) is 16.4. The summed E-state index contributed by atoms with van der Waals surface area (Å²) in [5.74, 6) is 0.0764. The topological polar surface area (TPSA) is 58.4 Å². The molecule has 0 aromatic heterocycles. The fourth-order valence-corrected chi connectivity index (χ4v) is 2.94. The second kappa shape index (κ2) is 6.32. The number of carbonyl (C=O) groups is 1. The number of aryl methyl sites for hydroxylation is 1. The van der Waals surface area contributed by atoms with Gasteiger partial charge in [-0.1, -0.05) is 12.1 Å². The minimum Gasteiger partial charge on any atom is -0.397 e. The Morgan fingerprint density at radius 3 is 2.52 bits per heavy atom.